The fraction of sp³-hybridized carbons (Fsp3) is 0.391. The van der Waals surface area contributed by atoms with Crippen LogP contribution < -0.4 is 0 Å². The van der Waals surface area contributed by atoms with Crippen LogP contribution in [0.5, 0.6) is 0 Å². The SMILES string of the molecule is CN1C(CC(=O)c2ccccc2)CCCC1CC(C=O)c1ccc(Cl)cc1. The molecule has 27 heavy (non-hydrogen) atoms. The van der Waals surface area contributed by atoms with Crippen LogP contribution in [0.1, 0.15) is 53.9 Å². The maximum atomic E-state index is 12.6. The van der Waals surface area contributed by atoms with E-state index in [2.05, 4.69) is 11.9 Å². The molecule has 1 fully saturated rings. The Balaban J connectivity index is 1.65. The van der Waals surface area contributed by atoms with Crippen molar-refractivity contribution in [1.82, 2.24) is 4.90 Å². The molecule has 0 radical (unpaired) electrons. The fourth-order valence-corrected chi connectivity index (χ4v) is 4.18. The van der Waals surface area contributed by atoms with Gasteiger partial charge in [-0.2, -0.15) is 0 Å². The summed E-state index contributed by atoms with van der Waals surface area (Å²) in [6.07, 6.45) is 5.52. The lowest BCUT2D eigenvalue weighted by atomic mass is 9.85. The third kappa shape index (κ3) is 5.06. The Morgan fingerprint density at radius 2 is 1.78 bits per heavy atom. The van der Waals surface area contributed by atoms with Crippen molar-refractivity contribution >= 4 is 23.7 Å². The molecule has 1 aliphatic heterocycles. The standard InChI is InChI=1S/C23H26ClNO2/c1-25-21(14-19(16-26)17-10-12-20(24)13-11-17)8-5-9-22(25)15-23(27)18-6-3-2-4-7-18/h2-4,6-7,10-13,16,19,21-22H,5,8-9,14-15H2,1H3. The maximum absolute atomic E-state index is 12.6. The molecule has 1 saturated heterocycles. The molecule has 3 rings (SSSR count). The highest BCUT2D eigenvalue weighted by atomic mass is 35.5. The van der Waals surface area contributed by atoms with Gasteiger partial charge in [-0.15, -0.1) is 0 Å². The van der Waals surface area contributed by atoms with E-state index in [0.29, 0.717) is 17.5 Å². The minimum absolute atomic E-state index is 0.140. The van der Waals surface area contributed by atoms with Crippen molar-refractivity contribution in [3.8, 4) is 0 Å². The predicted octanol–water partition coefficient (Wildman–Crippen LogP) is 5.14. The number of rotatable bonds is 7. The zero-order valence-electron chi connectivity index (χ0n) is 15.7. The van der Waals surface area contributed by atoms with Crippen molar-refractivity contribution in [2.75, 3.05) is 7.05 Å². The molecule has 0 spiro atoms. The van der Waals surface area contributed by atoms with E-state index in [0.717, 1.165) is 43.1 Å². The Morgan fingerprint density at radius 1 is 1.11 bits per heavy atom. The Morgan fingerprint density at radius 3 is 2.44 bits per heavy atom. The normalized spacial score (nSPS) is 21.6. The zero-order chi connectivity index (χ0) is 19.2. The van der Waals surface area contributed by atoms with Crippen molar-refractivity contribution in [2.24, 2.45) is 0 Å². The number of hydrogen-bond donors (Lipinski definition) is 0. The van der Waals surface area contributed by atoms with Crippen molar-refractivity contribution in [3.05, 3.63) is 70.7 Å². The summed E-state index contributed by atoms with van der Waals surface area (Å²) in [6.45, 7) is 0. The third-order valence-corrected chi connectivity index (χ3v) is 5.98. The van der Waals surface area contributed by atoms with Crippen LogP contribution in [-0.4, -0.2) is 36.1 Å². The number of hydrogen-bond acceptors (Lipinski definition) is 3. The quantitative estimate of drug-likeness (QED) is 0.490. The molecular weight excluding hydrogens is 358 g/mol. The van der Waals surface area contributed by atoms with E-state index in [9.17, 15) is 9.59 Å². The Kier molecular flexibility index (Phi) is 6.81. The second-order valence-corrected chi connectivity index (χ2v) is 7.86. The van der Waals surface area contributed by atoms with E-state index in [4.69, 9.17) is 11.6 Å². The summed E-state index contributed by atoms with van der Waals surface area (Å²) in [5, 5.41) is 0.678. The predicted molar refractivity (Wildman–Crippen MR) is 109 cm³/mol. The molecule has 1 aliphatic rings. The number of benzene rings is 2. The zero-order valence-corrected chi connectivity index (χ0v) is 16.4. The molecule has 0 N–H and O–H groups in total. The van der Waals surface area contributed by atoms with Gasteiger partial charge in [-0.1, -0.05) is 60.5 Å². The van der Waals surface area contributed by atoms with Gasteiger partial charge in [0.2, 0.25) is 0 Å². The molecule has 4 heteroatoms. The van der Waals surface area contributed by atoms with Crippen LogP contribution in [0, 0.1) is 0 Å². The molecule has 0 saturated carbocycles. The number of nitrogens with zero attached hydrogens (tertiary/aromatic N) is 1. The third-order valence-electron chi connectivity index (χ3n) is 5.73. The highest BCUT2D eigenvalue weighted by molar-refractivity contribution is 6.30. The van der Waals surface area contributed by atoms with Gasteiger partial charge < -0.3 is 4.79 Å². The number of likely N-dealkylation sites (tertiary alicyclic amines) is 1. The fourth-order valence-electron chi connectivity index (χ4n) is 4.05. The maximum Gasteiger partial charge on any atom is 0.164 e. The minimum atomic E-state index is -0.140. The molecule has 3 unspecified atom stereocenters. The summed E-state index contributed by atoms with van der Waals surface area (Å²) in [6, 6.07) is 17.6. The van der Waals surface area contributed by atoms with Crippen LogP contribution in [0.25, 0.3) is 0 Å². The second-order valence-electron chi connectivity index (χ2n) is 7.43. The number of aldehydes is 1. The van der Waals surface area contributed by atoms with Crippen molar-refractivity contribution < 1.29 is 9.59 Å². The first-order valence-corrected chi connectivity index (χ1v) is 9.97. The van der Waals surface area contributed by atoms with Crippen LogP contribution in [0.15, 0.2) is 54.6 Å². The number of ketones is 1. The summed E-state index contributed by atoms with van der Waals surface area (Å²) in [7, 11) is 2.09. The van der Waals surface area contributed by atoms with E-state index in [1.807, 2.05) is 54.6 Å². The first kappa shape index (κ1) is 19.8. The molecule has 0 amide bonds. The summed E-state index contributed by atoms with van der Waals surface area (Å²) >= 11 is 5.96. The number of carbonyl (C=O) groups is 2. The summed E-state index contributed by atoms with van der Waals surface area (Å²) in [5.41, 5.74) is 1.78. The van der Waals surface area contributed by atoms with Crippen LogP contribution in [0.3, 0.4) is 0 Å². The molecule has 2 aromatic carbocycles. The Hall–Kier alpha value is -1.97. The largest absolute Gasteiger partial charge is 0.303 e. The van der Waals surface area contributed by atoms with Gasteiger partial charge in [-0.25, -0.2) is 0 Å². The van der Waals surface area contributed by atoms with Gasteiger partial charge in [-0.05, 0) is 44.0 Å². The monoisotopic (exact) mass is 383 g/mol. The van der Waals surface area contributed by atoms with Gasteiger partial charge in [0.05, 0.1) is 0 Å². The van der Waals surface area contributed by atoms with E-state index in [-0.39, 0.29) is 17.7 Å². The average Bonchev–Trinajstić information content (AvgIpc) is 2.70. The van der Waals surface area contributed by atoms with Gasteiger partial charge in [0.25, 0.3) is 0 Å². The molecule has 0 aromatic heterocycles. The average molecular weight is 384 g/mol. The first-order chi connectivity index (χ1) is 13.1. The molecular formula is C23H26ClNO2. The molecule has 0 bridgehead atoms. The number of Topliss-reactive ketones (excluding diaryl/α,β-unsaturated/α-hetero) is 1. The molecule has 3 atom stereocenters. The van der Waals surface area contributed by atoms with Gasteiger partial charge in [0.1, 0.15) is 6.29 Å². The van der Waals surface area contributed by atoms with Gasteiger partial charge in [0.15, 0.2) is 5.78 Å². The smallest absolute Gasteiger partial charge is 0.164 e. The van der Waals surface area contributed by atoms with Crippen LogP contribution in [0.2, 0.25) is 5.02 Å². The molecule has 3 nitrogen and oxygen atoms in total. The first-order valence-electron chi connectivity index (χ1n) is 9.59. The molecule has 2 aromatic rings. The topological polar surface area (TPSA) is 37.4 Å². The van der Waals surface area contributed by atoms with E-state index < -0.39 is 0 Å². The van der Waals surface area contributed by atoms with Crippen molar-refractivity contribution in [1.29, 1.82) is 0 Å². The lowest BCUT2D eigenvalue weighted by Gasteiger charge is -2.40. The Bertz CT molecular complexity index is 760. The summed E-state index contributed by atoms with van der Waals surface area (Å²) in [4.78, 5) is 26.6. The van der Waals surface area contributed by atoms with Crippen molar-refractivity contribution in [3.63, 3.8) is 0 Å². The van der Waals surface area contributed by atoms with E-state index >= 15 is 0 Å². The molecule has 142 valence electrons. The van der Waals surface area contributed by atoms with Crippen LogP contribution >= 0.6 is 11.6 Å². The summed E-state index contributed by atoms with van der Waals surface area (Å²) in [5.74, 6) is 0.0519. The van der Waals surface area contributed by atoms with Gasteiger partial charge in [0, 0.05) is 35.0 Å². The number of piperidine rings is 1. The second kappa shape index (κ2) is 9.29. The lowest BCUT2D eigenvalue weighted by molar-refractivity contribution is -0.109. The van der Waals surface area contributed by atoms with Crippen LogP contribution in [-0.2, 0) is 4.79 Å². The lowest BCUT2D eigenvalue weighted by Crippen LogP contribution is -2.45. The highest BCUT2D eigenvalue weighted by Gasteiger charge is 2.31. The highest BCUT2D eigenvalue weighted by Crippen LogP contribution is 2.31. The molecule has 1 heterocycles. The molecule has 0 aliphatic carbocycles. The number of carbonyl (C=O) groups excluding carboxylic acids is 2. The summed E-state index contributed by atoms with van der Waals surface area (Å²) < 4.78 is 0. The minimum Gasteiger partial charge on any atom is -0.303 e. The van der Waals surface area contributed by atoms with Crippen LogP contribution in [0.4, 0.5) is 0 Å². The van der Waals surface area contributed by atoms with Crippen molar-refractivity contribution in [2.45, 2.75) is 50.1 Å². The number of halogens is 1. The van der Waals surface area contributed by atoms with Gasteiger partial charge in [-0.3, -0.25) is 9.69 Å². The van der Waals surface area contributed by atoms with E-state index in [1.54, 1.807) is 0 Å². The van der Waals surface area contributed by atoms with E-state index in [1.165, 1.54) is 0 Å². The van der Waals surface area contributed by atoms with Gasteiger partial charge >= 0.3 is 0 Å². The Labute approximate surface area is 166 Å².